The lowest BCUT2D eigenvalue weighted by molar-refractivity contribution is 0.590. The summed E-state index contributed by atoms with van der Waals surface area (Å²) in [5.74, 6) is 14.6. The zero-order valence-corrected chi connectivity index (χ0v) is 47.4. The Hall–Kier alpha value is -8.56. The molecule has 0 aliphatic carbocycles. The number of benzene rings is 10. The molecule has 2 aromatic heterocycles. The Morgan fingerprint density at radius 3 is 0.859 bits per heavy atom. The molecular formula is C76H68N2. The first-order valence-electron chi connectivity index (χ1n) is 27.7. The lowest BCUT2D eigenvalue weighted by Gasteiger charge is -2.19. The first kappa shape index (κ1) is 50.3. The molecule has 2 heterocycles. The first-order valence-corrected chi connectivity index (χ1v) is 27.7. The third kappa shape index (κ3) is 9.04. The van der Waals surface area contributed by atoms with Gasteiger partial charge in [-0.05, 0) is 175 Å². The van der Waals surface area contributed by atoms with Gasteiger partial charge in [0.2, 0.25) is 0 Å². The van der Waals surface area contributed by atoms with Crippen LogP contribution in [0.5, 0.6) is 0 Å². The molecule has 0 atom stereocenters. The Bertz CT molecular complexity index is 4060. The summed E-state index contributed by atoms with van der Waals surface area (Å²) in [6, 6.07) is 71.7. The number of aromatic nitrogens is 2. The summed E-state index contributed by atoms with van der Waals surface area (Å²) in [6.07, 6.45) is 0. The van der Waals surface area contributed by atoms with Crippen LogP contribution < -0.4 is 0 Å². The van der Waals surface area contributed by atoms with Gasteiger partial charge in [-0.1, -0.05) is 192 Å². The van der Waals surface area contributed by atoms with E-state index in [9.17, 15) is 0 Å². The van der Waals surface area contributed by atoms with Crippen molar-refractivity contribution in [3.05, 3.63) is 239 Å². The van der Waals surface area contributed by atoms with Crippen LogP contribution in [-0.2, 0) is 21.7 Å². The Morgan fingerprint density at radius 2 is 0.564 bits per heavy atom. The fourth-order valence-corrected chi connectivity index (χ4v) is 11.4. The monoisotopic (exact) mass is 1010 g/mol. The van der Waals surface area contributed by atoms with Gasteiger partial charge in [0.15, 0.2) is 0 Å². The third-order valence-electron chi connectivity index (χ3n) is 16.0. The van der Waals surface area contributed by atoms with Crippen LogP contribution in [0.3, 0.4) is 0 Å². The minimum Gasteiger partial charge on any atom is -0.309 e. The van der Waals surface area contributed by atoms with Crippen molar-refractivity contribution in [1.29, 1.82) is 0 Å². The van der Waals surface area contributed by atoms with E-state index in [1.165, 1.54) is 65.9 Å². The highest BCUT2D eigenvalue weighted by Crippen LogP contribution is 2.42. The molecule has 0 aliphatic rings. The summed E-state index contributed by atoms with van der Waals surface area (Å²) in [7, 11) is 0. The Kier molecular flexibility index (Phi) is 12.0. The lowest BCUT2D eigenvalue weighted by Crippen LogP contribution is -2.10. The fourth-order valence-electron chi connectivity index (χ4n) is 11.4. The zero-order chi connectivity index (χ0) is 54.5. The van der Waals surface area contributed by atoms with Gasteiger partial charge in [0.05, 0.1) is 22.1 Å². The van der Waals surface area contributed by atoms with Crippen LogP contribution in [-0.4, -0.2) is 9.13 Å². The maximum Gasteiger partial charge on any atom is 0.0541 e. The molecule has 0 radical (unpaired) electrons. The number of rotatable bonds is 3. The lowest BCUT2D eigenvalue weighted by atomic mass is 9.85. The van der Waals surface area contributed by atoms with E-state index in [1.807, 2.05) is 0 Å². The summed E-state index contributed by atoms with van der Waals surface area (Å²) in [6.45, 7) is 27.5. The second kappa shape index (κ2) is 18.6. The summed E-state index contributed by atoms with van der Waals surface area (Å²) in [5.41, 5.74) is 18.6. The SMILES string of the molecule is CC(C)(C)c1ccc2c(c1)c1cc(C(C)(C)C)ccc1n2-c1ccc(C#Cc2ccc3ccccc3c2-c2c(C#Cc3ccc(-n4c5ccc(C(C)(C)C)cc5c5cc(C(C)(C)C)ccc54)cc3)ccc3ccccc23)cc1. The molecule has 12 rings (SSSR count). The Morgan fingerprint density at radius 1 is 0.269 bits per heavy atom. The largest absolute Gasteiger partial charge is 0.309 e. The van der Waals surface area contributed by atoms with Gasteiger partial charge < -0.3 is 9.13 Å². The van der Waals surface area contributed by atoms with E-state index in [4.69, 9.17) is 0 Å². The van der Waals surface area contributed by atoms with Gasteiger partial charge in [0, 0.05) is 66.3 Å². The molecule has 0 aliphatic heterocycles. The summed E-state index contributed by atoms with van der Waals surface area (Å²) < 4.78 is 4.82. The molecule has 0 fully saturated rings. The standard InChI is InChI=1S/C76H68N2/c1-73(2,3)55-33-41-67-63(45-55)64-46-56(74(4,5)6)34-42-68(64)77(67)59-37-23-49(24-38-59)21-27-53-31-29-51-17-13-15-19-61(51)71(53)72-54(32-30-52-18-14-16-20-62(52)72)28-22-50-25-39-60(40-26-50)78-69-43-35-57(75(7,8)9)47-65(69)66-48-58(76(10,11)12)36-44-70(66)78/h13-20,23-26,29-48H,1-12H3. The van der Waals surface area contributed by atoms with Crippen molar-refractivity contribution in [2.24, 2.45) is 0 Å². The van der Waals surface area contributed by atoms with Crippen molar-refractivity contribution >= 4 is 65.2 Å². The van der Waals surface area contributed by atoms with Crippen molar-refractivity contribution in [1.82, 2.24) is 9.13 Å². The maximum atomic E-state index is 3.70. The second-order valence-corrected chi connectivity index (χ2v) is 25.6. The molecule has 2 nitrogen and oxygen atoms in total. The van der Waals surface area contributed by atoms with Crippen LogP contribution >= 0.6 is 0 Å². The molecular weight excluding hydrogens is 941 g/mol. The highest BCUT2D eigenvalue weighted by Gasteiger charge is 2.24. The number of nitrogens with zero attached hydrogens (tertiary/aromatic N) is 2. The highest BCUT2D eigenvalue weighted by atomic mass is 15.0. The van der Waals surface area contributed by atoms with E-state index in [0.29, 0.717) is 0 Å². The van der Waals surface area contributed by atoms with Crippen LogP contribution in [0.15, 0.2) is 194 Å². The van der Waals surface area contributed by atoms with Crippen molar-refractivity contribution < 1.29 is 0 Å². The molecule has 0 saturated heterocycles. The molecule has 2 heteroatoms. The second-order valence-electron chi connectivity index (χ2n) is 25.6. The summed E-state index contributed by atoms with van der Waals surface area (Å²) in [4.78, 5) is 0. The normalized spacial score (nSPS) is 12.4. The molecule has 0 amide bonds. The number of hydrogen-bond donors (Lipinski definition) is 0. The molecule has 0 spiro atoms. The van der Waals surface area contributed by atoms with Crippen LogP contribution in [0.4, 0.5) is 0 Å². The van der Waals surface area contributed by atoms with Gasteiger partial charge in [0.1, 0.15) is 0 Å². The fraction of sp³-hybridized carbons (Fsp3) is 0.211. The average molecular weight is 1010 g/mol. The highest BCUT2D eigenvalue weighted by molar-refractivity contribution is 6.12. The zero-order valence-electron chi connectivity index (χ0n) is 47.4. The Labute approximate surface area is 461 Å². The summed E-state index contributed by atoms with van der Waals surface area (Å²) in [5, 5.41) is 9.75. The molecule has 0 bridgehead atoms. The van der Waals surface area contributed by atoms with Crippen LogP contribution in [0, 0.1) is 23.7 Å². The number of hydrogen-bond acceptors (Lipinski definition) is 0. The number of fused-ring (bicyclic) bond motifs is 8. The molecule has 10 aromatic carbocycles. The Balaban J connectivity index is 0.936. The van der Waals surface area contributed by atoms with Gasteiger partial charge >= 0.3 is 0 Å². The van der Waals surface area contributed by atoms with E-state index in [2.05, 4.69) is 310 Å². The minimum atomic E-state index is 0.0389. The first-order chi connectivity index (χ1) is 37.2. The van der Waals surface area contributed by atoms with Gasteiger partial charge in [0.25, 0.3) is 0 Å². The van der Waals surface area contributed by atoms with E-state index in [1.54, 1.807) is 0 Å². The van der Waals surface area contributed by atoms with Gasteiger partial charge in [-0.2, -0.15) is 0 Å². The van der Waals surface area contributed by atoms with Crippen LogP contribution in [0.2, 0.25) is 0 Å². The van der Waals surface area contributed by atoms with E-state index >= 15 is 0 Å². The van der Waals surface area contributed by atoms with E-state index in [0.717, 1.165) is 66.3 Å². The predicted molar refractivity (Wildman–Crippen MR) is 335 cm³/mol. The minimum absolute atomic E-state index is 0.0389. The van der Waals surface area contributed by atoms with Crippen molar-refractivity contribution in [2.75, 3.05) is 0 Å². The predicted octanol–water partition coefficient (Wildman–Crippen LogP) is 19.8. The van der Waals surface area contributed by atoms with Crippen molar-refractivity contribution in [3.63, 3.8) is 0 Å². The van der Waals surface area contributed by atoms with Crippen LogP contribution in [0.1, 0.15) is 128 Å². The van der Waals surface area contributed by atoms with Crippen LogP contribution in [0.25, 0.3) is 87.7 Å². The molecule has 78 heavy (non-hydrogen) atoms. The van der Waals surface area contributed by atoms with Crippen molar-refractivity contribution in [2.45, 2.75) is 105 Å². The molecule has 382 valence electrons. The molecule has 12 aromatic rings. The molecule has 0 saturated carbocycles. The topological polar surface area (TPSA) is 9.86 Å². The van der Waals surface area contributed by atoms with Crippen molar-refractivity contribution in [3.8, 4) is 46.2 Å². The van der Waals surface area contributed by atoms with E-state index < -0.39 is 0 Å². The van der Waals surface area contributed by atoms with E-state index in [-0.39, 0.29) is 21.7 Å². The smallest absolute Gasteiger partial charge is 0.0541 e. The third-order valence-corrected chi connectivity index (χ3v) is 16.0. The average Bonchev–Trinajstić information content (AvgIpc) is 4.17. The quantitative estimate of drug-likeness (QED) is 0.156. The van der Waals surface area contributed by atoms with Gasteiger partial charge in [-0.3, -0.25) is 0 Å². The van der Waals surface area contributed by atoms with Gasteiger partial charge in [-0.15, -0.1) is 0 Å². The van der Waals surface area contributed by atoms with Gasteiger partial charge in [-0.25, -0.2) is 0 Å². The maximum absolute atomic E-state index is 3.70. The molecule has 0 N–H and O–H groups in total. The summed E-state index contributed by atoms with van der Waals surface area (Å²) >= 11 is 0. The molecule has 0 unspecified atom stereocenters.